The molecule has 3 rings (SSSR count). The highest BCUT2D eigenvalue weighted by atomic mass is 79.9. The van der Waals surface area contributed by atoms with Gasteiger partial charge in [0.15, 0.2) is 0 Å². The fraction of sp³-hybridized carbons (Fsp3) is 0.304. The van der Waals surface area contributed by atoms with Gasteiger partial charge in [0.1, 0.15) is 24.2 Å². The zero-order valence-electron chi connectivity index (χ0n) is 16.1. The topological polar surface area (TPSA) is 45.8 Å². The van der Waals surface area contributed by atoms with Crippen molar-refractivity contribution in [2.75, 3.05) is 13.2 Å². The molecule has 0 saturated heterocycles. The Balaban J connectivity index is 1.59. The van der Waals surface area contributed by atoms with Crippen LogP contribution in [0.4, 0.5) is 0 Å². The van der Waals surface area contributed by atoms with Crippen molar-refractivity contribution in [2.45, 2.75) is 32.5 Å². The van der Waals surface area contributed by atoms with Crippen LogP contribution >= 0.6 is 15.9 Å². The van der Waals surface area contributed by atoms with Crippen LogP contribution < -0.4 is 4.74 Å². The summed E-state index contributed by atoms with van der Waals surface area (Å²) in [6.45, 7) is 4.26. The number of furan rings is 1. The van der Waals surface area contributed by atoms with Crippen LogP contribution in [0.3, 0.4) is 0 Å². The number of rotatable bonds is 10. The molecule has 0 spiro atoms. The van der Waals surface area contributed by atoms with Gasteiger partial charge in [0.05, 0.1) is 12.8 Å². The van der Waals surface area contributed by atoms with Crippen molar-refractivity contribution in [2.24, 2.45) is 0 Å². The van der Waals surface area contributed by atoms with Gasteiger partial charge >= 0.3 is 0 Å². The summed E-state index contributed by atoms with van der Waals surface area (Å²) in [6, 6.07) is 20.1. The van der Waals surface area contributed by atoms with E-state index in [2.05, 4.69) is 52.0 Å². The first-order chi connectivity index (χ1) is 13.6. The summed E-state index contributed by atoms with van der Waals surface area (Å²) in [5.74, 6) is 1.63. The second-order valence-corrected chi connectivity index (χ2v) is 7.75. The van der Waals surface area contributed by atoms with Crippen molar-refractivity contribution in [1.29, 1.82) is 0 Å². The maximum Gasteiger partial charge on any atom is 0.119 e. The Morgan fingerprint density at radius 2 is 1.71 bits per heavy atom. The van der Waals surface area contributed by atoms with Gasteiger partial charge in [-0.15, -0.1) is 0 Å². The molecular formula is C23H26BrNO3. The number of nitrogens with zero attached hydrogens (tertiary/aromatic N) is 1. The van der Waals surface area contributed by atoms with Crippen LogP contribution in [0.5, 0.6) is 5.75 Å². The van der Waals surface area contributed by atoms with Crippen LogP contribution in [0, 0.1) is 0 Å². The van der Waals surface area contributed by atoms with Crippen LogP contribution in [0.15, 0.2) is 75.8 Å². The van der Waals surface area contributed by atoms with Crippen molar-refractivity contribution in [3.8, 4) is 5.75 Å². The molecule has 0 saturated carbocycles. The maximum absolute atomic E-state index is 10.5. The minimum absolute atomic E-state index is 0.241. The first-order valence-electron chi connectivity index (χ1n) is 9.51. The number of aliphatic hydroxyl groups is 1. The SMILES string of the molecule is CCc1ccc(CN(Cc2ccco2)CC(O)COc2ccc(Br)cc2)cc1. The van der Waals surface area contributed by atoms with Crippen LogP contribution in [0.25, 0.3) is 0 Å². The van der Waals surface area contributed by atoms with E-state index in [-0.39, 0.29) is 6.61 Å². The lowest BCUT2D eigenvalue weighted by Crippen LogP contribution is -2.35. The van der Waals surface area contributed by atoms with Crippen LogP contribution in [-0.2, 0) is 19.5 Å². The number of aryl methyl sites for hydroxylation is 1. The van der Waals surface area contributed by atoms with Gasteiger partial charge in [-0.05, 0) is 53.9 Å². The molecule has 1 heterocycles. The second-order valence-electron chi connectivity index (χ2n) is 6.84. The molecule has 5 heteroatoms. The summed E-state index contributed by atoms with van der Waals surface area (Å²) in [5.41, 5.74) is 2.54. The number of aliphatic hydroxyl groups excluding tert-OH is 1. The van der Waals surface area contributed by atoms with Crippen LogP contribution in [0.2, 0.25) is 0 Å². The lowest BCUT2D eigenvalue weighted by Gasteiger charge is -2.24. The van der Waals surface area contributed by atoms with Crippen molar-refractivity contribution >= 4 is 15.9 Å². The Hall–Kier alpha value is -2.08. The zero-order chi connectivity index (χ0) is 19.8. The first kappa shape index (κ1) is 20.6. The molecule has 1 aromatic heterocycles. The molecule has 0 fully saturated rings. The minimum Gasteiger partial charge on any atom is -0.491 e. The molecule has 0 amide bonds. The third kappa shape index (κ3) is 6.51. The summed E-state index contributed by atoms with van der Waals surface area (Å²) < 4.78 is 12.2. The Kier molecular flexibility index (Phi) is 7.71. The smallest absolute Gasteiger partial charge is 0.119 e. The predicted octanol–water partition coefficient (Wildman–Crippen LogP) is 5.05. The van der Waals surface area contributed by atoms with E-state index in [0.29, 0.717) is 13.1 Å². The van der Waals surface area contributed by atoms with Gasteiger partial charge in [-0.25, -0.2) is 0 Å². The maximum atomic E-state index is 10.5. The molecule has 0 aliphatic carbocycles. The summed E-state index contributed by atoms with van der Waals surface area (Å²) in [6.07, 6.45) is 2.10. The van der Waals surface area contributed by atoms with Crippen molar-refractivity contribution in [1.82, 2.24) is 4.90 Å². The number of benzene rings is 2. The van der Waals surface area contributed by atoms with E-state index in [1.807, 2.05) is 36.4 Å². The van der Waals surface area contributed by atoms with Gasteiger partial charge in [0.2, 0.25) is 0 Å². The molecule has 1 atom stereocenters. The van der Waals surface area contributed by atoms with E-state index in [1.54, 1.807) is 6.26 Å². The highest BCUT2D eigenvalue weighted by Crippen LogP contribution is 2.17. The van der Waals surface area contributed by atoms with E-state index in [0.717, 1.165) is 28.9 Å². The predicted molar refractivity (Wildman–Crippen MR) is 114 cm³/mol. The molecule has 1 N–H and O–H groups in total. The van der Waals surface area contributed by atoms with Crippen LogP contribution in [-0.4, -0.2) is 29.3 Å². The van der Waals surface area contributed by atoms with Gasteiger partial charge in [0.25, 0.3) is 0 Å². The number of halogens is 1. The minimum atomic E-state index is -0.603. The second kappa shape index (κ2) is 10.5. The lowest BCUT2D eigenvalue weighted by atomic mass is 10.1. The number of ether oxygens (including phenoxy) is 1. The van der Waals surface area contributed by atoms with Gasteiger partial charge in [-0.2, -0.15) is 0 Å². The van der Waals surface area contributed by atoms with Crippen molar-refractivity contribution in [3.63, 3.8) is 0 Å². The molecule has 0 bridgehead atoms. The monoisotopic (exact) mass is 443 g/mol. The largest absolute Gasteiger partial charge is 0.491 e. The van der Waals surface area contributed by atoms with Gasteiger partial charge < -0.3 is 14.3 Å². The summed E-state index contributed by atoms with van der Waals surface area (Å²) in [5, 5.41) is 10.5. The van der Waals surface area contributed by atoms with E-state index >= 15 is 0 Å². The molecule has 4 nitrogen and oxygen atoms in total. The van der Waals surface area contributed by atoms with E-state index in [1.165, 1.54) is 11.1 Å². The number of hydrogen-bond donors (Lipinski definition) is 1. The highest BCUT2D eigenvalue weighted by Gasteiger charge is 2.15. The van der Waals surface area contributed by atoms with Gasteiger partial charge in [0, 0.05) is 17.6 Å². The van der Waals surface area contributed by atoms with Gasteiger partial charge in [-0.1, -0.05) is 47.1 Å². The Bertz CT molecular complexity index is 816. The van der Waals surface area contributed by atoms with Gasteiger partial charge in [-0.3, -0.25) is 4.90 Å². The first-order valence-corrected chi connectivity index (χ1v) is 10.3. The highest BCUT2D eigenvalue weighted by molar-refractivity contribution is 9.10. The van der Waals surface area contributed by atoms with Crippen molar-refractivity contribution < 1.29 is 14.3 Å². The molecule has 28 heavy (non-hydrogen) atoms. The molecule has 1 unspecified atom stereocenters. The molecule has 3 aromatic rings. The summed E-state index contributed by atoms with van der Waals surface area (Å²) in [4.78, 5) is 2.18. The molecule has 2 aromatic carbocycles. The molecule has 0 radical (unpaired) electrons. The quantitative estimate of drug-likeness (QED) is 0.476. The molecule has 0 aliphatic rings. The lowest BCUT2D eigenvalue weighted by molar-refractivity contribution is 0.0604. The molecular weight excluding hydrogens is 418 g/mol. The Labute approximate surface area is 174 Å². The van der Waals surface area contributed by atoms with Crippen LogP contribution in [0.1, 0.15) is 23.8 Å². The fourth-order valence-electron chi connectivity index (χ4n) is 3.02. The average molecular weight is 444 g/mol. The molecule has 148 valence electrons. The third-order valence-corrected chi connectivity index (χ3v) is 5.05. The zero-order valence-corrected chi connectivity index (χ0v) is 17.6. The average Bonchev–Trinajstić information content (AvgIpc) is 3.21. The van der Waals surface area contributed by atoms with E-state index in [9.17, 15) is 5.11 Å². The van der Waals surface area contributed by atoms with E-state index < -0.39 is 6.10 Å². The van der Waals surface area contributed by atoms with E-state index in [4.69, 9.17) is 9.15 Å². The fourth-order valence-corrected chi connectivity index (χ4v) is 3.28. The van der Waals surface area contributed by atoms with Crippen molar-refractivity contribution in [3.05, 3.63) is 88.3 Å². The Morgan fingerprint density at radius 1 is 1.00 bits per heavy atom. The summed E-state index contributed by atoms with van der Waals surface area (Å²) in [7, 11) is 0. The summed E-state index contributed by atoms with van der Waals surface area (Å²) >= 11 is 3.41. The Morgan fingerprint density at radius 3 is 2.36 bits per heavy atom. The molecule has 0 aliphatic heterocycles. The standard InChI is InChI=1S/C23H26BrNO3/c1-2-18-5-7-19(8-6-18)14-25(16-23-4-3-13-27-23)15-21(26)17-28-22-11-9-20(24)10-12-22/h3-13,21,26H,2,14-17H2,1H3. The normalized spacial score (nSPS) is 12.3. The number of hydrogen-bond acceptors (Lipinski definition) is 4. The third-order valence-electron chi connectivity index (χ3n) is 4.52.